The number of esters is 1. The first-order valence-electron chi connectivity index (χ1n) is 3.91. The number of rotatable bonds is 3. The monoisotopic (exact) mass is 170 g/mol. The van der Waals surface area contributed by atoms with E-state index in [2.05, 4.69) is 19.7 Å². The highest BCUT2D eigenvalue weighted by atomic mass is 16.5. The minimum Gasteiger partial charge on any atom is -0.459 e. The Labute approximate surface area is 74.9 Å². The maximum Gasteiger partial charge on any atom is 0.330 e. The highest BCUT2D eigenvalue weighted by Gasteiger charge is 2.09. The summed E-state index contributed by atoms with van der Waals surface area (Å²) in [7, 11) is 0. The molecule has 2 heteroatoms. The van der Waals surface area contributed by atoms with Crippen molar-refractivity contribution in [2.24, 2.45) is 5.92 Å². The minimum absolute atomic E-state index is 0.0227. The van der Waals surface area contributed by atoms with Crippen LogP contribution in [0.15, 0.2) is 25.8 Å². The van der Waals surface area contributed by atoms with Gasteiger partial charge in [-0.25, -0.2) is 4.79 Å². The number of ether oxygens (including phenoxy) is 1. The fourth-order valence-electron chi connectivity index (χ4n) is 0.367. The van der Waals surface area contributed by atoms with Crippen molar-refractivity contribution in [1.82, 2.24) is 0 Å². The van der Waals surface area contributed by atoms with Crippen molar-refractivity contribution in [1.29, 1.82) is 0 Å². The Bertz CT molecular complexity index is 139. The van der Waals surface area contributed by atoms with Crippen molar-refractivity contribution in [2.75, 3.05) is 0 Å². The third kappa shape index (κ3) is 7.06. The standard InChI is InChI=1S/C8H14O2.C2H4/c1-5-8(9)10-7(4)6(2)3;1-2/h5-7H,1H2,2-4H3;1-2H2. The van der Waals surface area contributed by atoms with Gasteiger partial charge in [0.05, 0.1) is 0 Å². The fraction of sp³-hybridized carbons (Fsp3) is 0.500. The molecule has 0 N–H and O–H groups in total. The van der Waals surface area contributed by atoms with E-state index in [1.165, 1.54) is 6.08 Å². The molecule has 1 unspecified atom stereocenters. The third-order valence-corrected chi connectivity index (χ3v) is 1.41. The second-order valence-corrected chi connectivity index (χ2v) is 2.59. The van der Waals surface area contributed by atoms with Crippen LogP contribution in [0.3, 0.4) is 0 Å². The van der Waals surface area contributed by atoms with Gasteiger partial charge >= 0.3 is 5.97 Å². The number of carbonyl (C=O) groups excluding carboxylic acids is 1. The first kappa shape index (κ1) is 13.5. The molecule has 0 saturated heterocycles. The molecule has 0 aromatic carbocycles. The Morgan fingerprint density at radius 3 is 2.00 bits per heavy atom. The summed E-state index contributed by atoms with van der Waals surface area (Å²) in [6, 6.07) is 0. The average Bonchev–Trinajstić information content (AvgIpc) is 2.07. The Morgan fingerprint density at radius 1 is 1.33 bits per heavy atom. The first-order valence-corrected chi connectivity index (χ1v) is 3.91. The van der Waals surface area contributed by atoms with Crippen LogP contribution in [0, 0.1) is 5.92 Å². The van der Waals surface area contributed by atoms with Gasteiger partial charge in [0.2, 0.25) is 0 Å². The van der Waals surface area contributed by atoms with Crippen LogP contribution in [-0.2, 0) is 9.53 Å². The molecule has 2 nitrogen and oxygen atoms in total. The Kier molecular flexibility index (Phi) is 9.08. The van der Waals surface area contributed by atoms with Gasteiger partial charge < -0.3 is 4.74 Å². The quantitative estimate of drug-likeness (QED) is 0.369. The highest BCUT2D eigenvalue weighted by molar-refractivity contribution is 5.81. The van der Waals surface area contributed by atoms with Crippen molar-refractivity contribution >= 4 is 5.97 Å². The zero-order chi connectivity index (χ0) is 10.1. The van der Waals surface area contributed by atoms with Crippen molar-refractivity contribution in [3.63, 3.8) is 0 Å². The molecular weight excluding hydrogens is 152 g/mol. The van der Waals surface area contributed by atoms with Crippen molar-refractivity contribution in [3.05, 3.63) is 25.8 Å². The van der Waals surface area contributed by atoms with E-state index in [1.807, 2.05) is 20.8 Å². The van der Waals surface area contributed by atoms with Gasteiger partial charge in [-0.1, -0.05) is 20.4 Å². The molecule has 0 aliphatic heterocycles. The normalized spacial score (nSPS) is 11.0. The molecule has 0 saturated carbocycles. The molecule has 0 aliphatic carbocycles. The van der Waals surface area contributed by atoms with Crippen molar-refractivity contribution < 1.29 is 9.53 Å². The molecule has 0 rings (SSSR count). The molecule has 0 aliphatic rings. The SMILES string of the molecule is C=C.C=CC(=O)OC(C)C(C)C. The summed E-state index contributed by atoms with van der Waals surface area (Å²) in [4.78, 5) is 10.6. The van der Waals surface area contributed by atoms with Gasteiger partial charge in [-0.3, -0.25) is 0 Å². The first-order chi connectivity index (χ1) is 5.57. The Morgan fingerprint density at radius 2 is 1.75 bits per heavy atom. The molecule has 0 spiro atoms. The lowest BCUT2D eigenvalue weighted by atomic mass is 10.1. The Balaban J connectivity index is 0. The summed E-state index contributed by atoms with van der Waals surface area (Å²) in [5, 5.41) is 0. The second kappa shape index (κ2) is 8.05. The third-order valence-electron chi connectivity index (χ3n) is 1.41. The molecule has 0 radical (unpaired) electrons. The van der Waals surface area contributed by atoms with Gasteiger partial charge in [0.1, 0.15) is 6.10 Å². The van der Waals surface area contributed by atoms with Crippen LogP contribution in [0.1, 0.15) is 20.8 Å². The molecule has 70 valence electrons. The lowest BCUT2D eigenvalue weighted by molar-refractivity contribution is -0.144. The number of hydrogen-bond acceptors (Lipinski definition) is 2. The number of hydrogen-bond donors (Lipinski definition) is 0. The van der Waals surface area contributed by atoms with Crippen molar-refractivity contribution in [3.8, 4) is 0 Å². The van der Waals surface area contributed by atoms with Gasteiger partial charge in [-0.15, -0.1) is 13.2 Å². The lowest BCUT2D eigenvalue weighted by Gasteiger charge is -2.14. The van der Waals surface area contributed by atoms with Crippen LogP contribution < -0.4 is 0 Å². The van der Waals surface area contributed by atoms with E-state index in [1.54, 1.807) is 0 Å². The maximum absolute atomic E-state index is 10.6. The van der Waals surface area contributed by atoms with Crippen LogP contribution in [0.5, 0.6) is 0 Å². The van der Waals surface area contributed by atoms with Gasteiger partial charge in [0.15, 0.2) is 0 Å². The maximum atomic E-state index is 10.6. The topological polar surface area (TPSA) is 26.3 Å². The summed E-state index contributed by atoms with van der Waals surface area (Å²) >= 11 is 0. The van der Waals surface area contributed by atoms with Gasteiger partial charge in [-0.2, -0.15) is 0 Å². The van der Waals surface area contributed by atoms with E-state index in [0.717, 1.165) is 0 Å². The zero-order valence-corrected chi connectivity index (χ0v) is 8.17. The molecule has 0 aromatic rings. The zero-order valence-electron chi connectivity index (χ0n) is 8.17. The smallest absolute Gasteiger partial charge is 0.330 e. The second-order valence-electron chi connectivity index (χ2n) is 2.59. The van der Waals surface area contributed by atoms with Gasteiger partial charge in [0, 0.05) is 6.08 Å². The minimum atomic E-state index is -0.346. The molecule has 0 fully saturated rings. The predicted molar refractivity (Wildman–Crippen MR) is 51.8 cm³/mol. The highest BCUT2D eigenvalue weighted by Crippen LogP contribution is 2.04. The van der Waals surface area contributed by atoms with E-state index in [4.69, 9.17) is 4.74 Å². The van der Waals surface area contributed by atoms with Crippen molar-refractivity contribution in [2.45, 2.75) is 26.9 Å². The molecule has 0 aromatic heterocycles. The van der Waals surface area contributed by atoms with Crippen LogP contribution in [0.2, 0.25) is 0 Å². The van der Waals surface area contributed by atoms with E-state index in [9.17, 15) is 4.79 Å². The largest absolute Gasteiger partial charge is 0.459 e. The molecule has 0 bridgehead atoms. The van der Waals surface area contributed by atoms with Crippen LogP contribution in [0.25, 0.3) is 0 Å². The van der Waals surface area contributed by atoms with E-state index in [-0.39, 0.29) is 12.1 Å². The molecule has 1 atom stereocenters. The summed E-state index contributed by atoms with van der Waals surface area (Å²) in [6.07, 6.45) is 1.16. The summed E-state index contributed by atoms with van der Waals surface area (Å²) in [5.41, 5.74) is 0. The lowest BCUT2D eigenvalue weighted by Crippen LogP contribution is -2.18. The van der Waals surface area contributed by atoms with Crippen LogP contribution in [0.4, 0.5) is 0 Å². The predicted octanol–water partition coefficient (Wildman–Crippen LogP) is 2.56. The summed E-state index contributed by atoms with van der Waals surface area (Å²) in [6.45, 7) is 15.2. The molecule has 0 amide bonds. The fourth-order valence-corrected chi connectivity index (χ4v) is 0.367. The van der Waals surface area contributed by atoms with Crippen LogP contribution >= 0.6 is 0 Å². The van der Waals surface area contributed by atoms with Crippen LogP contribution in [-0.4, -0.2) is 12.1 Å². The molecule has 0 heterocycles. The van der Waals surface area contributed by atoms with E-state index < -0.39 is 0 Å². The van der Waals surface area contributed by atoms with Gasteiger partial charge in [-0.05, 0) is 12.8 Å². The average molecular weight is 170 g/mol. The summed E-state index contributed by atoms with van der Waals surface area (Å²) < 4.78 is 4.90. The molecular formula is C10H18O2. The van der Waals surface area contributed by atoms with E-state index in [0.29, 0.717) is 5.92 Å². The summed E-state index contributed by atoms with van der Waals surface area (Å²) in [5.74, 6) is 0.0186. The molecule has 12 heavy (non-hydrogen) atoms. The Hall–Kier alpha value is -1.05. The number of carbonyl (C=O) groups is 1. The van der Waals surface area contributed by atoms with E-state index >= 15 is 0 Å². The van der Waals surface area contributed by atoms with Gasteiger partial charge in [0.25, 0.3) is 0 Å².